The highest BCUT2D eigenvalue weighted by molar-refractivity contribution is 8.00. The minimum Gasteiger partial charge on any atom is -0.155 e. The van der Waals surface area contributed by atoms with Gasteiger partial charge < -0.3 is 0 Å². The zero-order chi connectivity index (χ0) is 8.89. The monoisotopic (exact) mass is 196 g/mol. The van der Waals surface area contributed by atoms with E-state index in [1.54, 1.807) is 38.5 Å². The highest BCUT2D eigenvalue weighted by Gasteiger charge is 2.50. The summed E-state index contributed by atoms with van der Waals surface area (Å²) >= 11 is 2.29. The van der Waals surface area contributed by atoms with Gasteiger partial charge in [0.1, 0.15) is 0 Å². The Morgan fingerprint density at radius 3 is 1.85 bits per heavy atom. The van der Waals surface area contributed by atoms with E-state index in [1.165, 1.54) is 5.75 Å². The summed E-state index contributed by atoms with van der Waals surface area (Å²) in [4.78, 5) is 0. The minimum absolute atomic E-state index is 0.767. The van der Waals surface area contributed by atoms with Crippen LogP contribution in [0.5, 0.6) is 0 Å². The molecule has 0 aromatic heterocycles. The summed E-state index contributed by atoms with van der Waals surface area (Å²) in [6, 6.07) is 0. The van der Waals surface area contributed by atoms with Crippen LogP contribution in [-0.4, -0.2) is 10.5 Å². The second kappa shape index (κ2) is 2.92. The van der Waals surface area contributed by atoms with Gasteiger partial charge in [0.25, 0.3) is 0 Å². The molecule has 4 fully saturated rings. The van der Waals surface area contributed by atoms with Gasteiger partial charge >= 0.3 is 0 Å². The fourth-order valence-electron chi connectivity index (χ4n) is 4.51. The Kier molecular flexibility index (Phi) is 1.94. The molecular formula is C12H20S. The molecule has 0 heterocycles. The van der Waals surface area contributed by atoms with Crippen molar-refractivity contribution in [3.8, 4) is 0 Å². The quantitative estimate of drug-likeness (QED) is 0.649. The average Bonchev–Trinajstić information content (AvgIpc) is 2.00. The van der Waals surface area contributed by atoms with E-state index in [-0.39, 0.29) is 0 Å². The van der Waals surface area contributed by atoms with Crippen LogP contribution in [-0.2, 0) is 0 Å². The summed E-state index contributed by atoms with van der Waals surface area (Å²) in [5, 5.41) is 0. The molecule has 0 spiro atoms. The van der Waals surface area contributed by atoms with Crippen LogP contribution in [0.3, 0.4) is 0 Å². The molecule has 4 aliphatic rings. The molecule has 0 atom stereocenters. The fourth-order valence-corrected chi connectivity index (χ4v) is 6.19. The third-order valence-corrected chi connectivity index (χ3v) is 5.83. The lowest BCUT2D eigenvalue weighted by Crippen LogP contribution is -2.48. The number of hydrogen-bond donors (Lipinski definition) is 0. The molecule has 4 saturated carbocycles. The first-order chi connectivity index (χ1) is 6.30. The Labute approximate surface area is 85.9 Å². The molecule has 74 valence electrons. The second-order valence-electron chi connectivity index (χ2n) is 5.53. The molecule has 0 nitrogen and oxygen atoms in total. The van der Waals surface area contributed by atoms with Gasteiger partial charge in [-0.25, -0.2) is 0 Å². The molecule has 0 aliphatic heterocycles. The van der Waals surface area contributed by atoms with Crippen molar-refractivity contribution < 1.29 is 0 Å². The molecule has 0 aromatic carbocycles. The van der Waals surface area contributed by atoms with Crippen LogP contribution in [0, 0.1) is 17.8 Å². The van der Waals surface area contributed by atoms with Crippen molar-refractivity contribution in [1.82, 2.24) is 0 Å². The maximum atomic E-state index is 2.34. The van der Waals surface area contributed by atoms with E-state index in [9.17, 15) is 0 Å². The van der Waals surface area contributed by atoms with E-state index in [0.29, 0.717) is 0 Å². The van der Waals surface area contributed by atoms with Crippen LogP contribution in [0.4, 0.5) is 0 Å². The van der Waals surface area contributed by atoms with E-state index in [4.69, 9.17) is 0 Å². The Hall–Kier alpha value is 0.350. The van der Waals surface area contributed by atoms with Gasteiger partial charge in [-0.1, -0.05) is 6.92 Å². The van der Waals surface area contributed by atoms with Crippen LogP contribution in [0.1, 0.15) is 45.4 Å². The molecule has 0 unspecified atom stereocenters. The van der Waals surface area contributed by atoms with Gasteiger partial charge in [-0.2, -0.15) is 11.8 Å². The van der Waals surface area contributed by atoms with Crippen LogP contribution in [0.2, 0.25) is 0 Å². The number of thioether (sulfide) groups is 1. The van der Waals surface area contributed by atoms with Gasteiger partial charge in [-0.05, 0) is 62.0 Å². The summed E-state index contributed by atoms with van der Waals surface area (Å²) < 4.78 is 0.767. The lowest BCUT2D eigenvalue weighted by molar-refractivity contribution is 0.0384. The van der Waals surface area contributed by atoms with Crippen molar-refractivity contribution >= 4 is 11.8 Å². The number of hydrogen-bond acceptors (Lipinski definition) is 1. The van der Waals surface area contributed by atoms with Gasteiger partial charge in [0, 0.05) is 4.75 Å². The van der Waals surface area contributed by atoms with Crippen molar-refractivity contribution in [3.63, 3.8) is 0 Å². The van der Waals surface area contributed by atoms with Gasteiger partial charge in [-0.15, -0.1) is 0 Å². The van der Waals surface area contributed by atoms with Crippen molar-refractivity contribution in [2.75, 3.05) is 5.75 Å². The highest BCUT2D eigenvalue weighted by atomic mass is 32.2. The van der Waals surface area contributed by atoms with E-state index >= 15 is 0 Å². The highest BCUT2D eigenvalue weighted by Crippen LogP contribution is 2.60. The maximum absolute atomic E-state index is 2.34. The summed E-state index contributed by atoms with van der Waals surface area (Å²) in [5.41, 5.74) is 0. The Balaban J connectivity index is 1.83. The van der Waals surface area contributed by atoms with Crippen LogP contribution >= 0.6 is 11.8 Å². The standard InChI is InChI=1S/C12H20S/c1-2-13-12-6-9-3-10(7-12)5-11(4-9)8-12/h9-11H,2-8H2,1H3. The summed E-state index contributed by atoms with van der Waals surface area (Å²) in [6.07, 6.45) is 9.46. The third-order valence-electron chi connectivity index (χ3n) is 4.43. The molecule has 4 aliphatic carbocycles. The smallest absolute Gasteiger partial charge is 0.0167 e. The zero-order valence-corrected chi connectivity index (χ0v) is 9.41. The van der Waals surface area contributed by atoms with Gasteiger partial charge in [0.2, 0.25) is 0 Å². The molecule has 0 amide bonds. The molecule has 0 radical (unpaired) electrons. The Morgan fingerprint density at radius 1 is 1.00 bits per heavy atom. The predicted molar refractivity (Wildman–Crippen MR) is 59.0 cm³/mol. The fraction of sp³-hybridized carbons (Fsp3) is 1.00. The summed E-state index contributed by atoms with van der Waals surface area (Å²) in [5.74, 6) is 4.73. The minimum atomic E-state index is 0.767. The normalized spacial score (nSPS) is 52.8. The van der Waals surface area contributed by atoms with Crippen molar-refractivity contribution in [2.45, 2.75) is 50.2 Å². The topological polar surface area (TPSA) is 0 Å². The zero-order valence-electron chi connectivity index (χ0n) is 8.59. The van der Waals surface area contributed by atoms with Crippen LogP contribution < -0.4 is 0 Å². The van der Waals surface area contributed by atoms with E-state index in [0.717, 1.165) is 22.5 Å². The van der Waals surface area contributed by atoms with E-state index in [2.05, 4.69) is 18.7 Å². The molecular weight excluding hydrogens is 176 g/mol. The van der Waals surface area contributed by atoms with Gasteiger partial charge in [0.15, 0.2) is 0 Å². The Bertz CT molecular complexity index is 174. The third kappa shape index (κ3) is 1.35. The first-order valence-corrected chi connectivity index (χ1v) is 6.92. The first-order valence-electron chi connectivity index (χ1n) is 5.93. The van der Waals surface area contributed by atoms with Crippen molar-refractivity contribution in [1.29, 1.82) is 0 Å². The molecule has 4 bridgehead atoms. The summed E-state index contributed by atoms with van der Waals surface area (Å²) in [7, 11) is 0. The lowest BCUT2D eigenvalue weighted by Gasteiger charge is -2.56. The molecule has 0 N–H and O–H groups in total. The average molecular weight is 196 g/mol. The molecule has 0 saturated heterocycles. The predicted octanol–water partition coefficient (Wildman–Crippen LogP) is 3.71. The van der Waals surface area contributed by atoms with E-state index < -0.39 is 0 Å². The van der Waals surface area contributed by atoms with Crippen LogP contribution in [0.25, 0.3) is 0 Å². The maximum Gasteiger partial charge on any atom is 0.0167 e. The number of rotatable bonds is 2. The molecule has 1 heteroatoms. The summed E-state index contributed by atoms with van der Waals surface area (Å²) in [6.45, 7) is 2.34. The first kappa shape index (κ1) is 8.64. The second-order valence-corrected chi connectivity index (χ2v) is 7.27. The molecule has 13 heavy (non-hydrogen) atoms. The van der Waals surface area contributed by atoms with Gasteiger partial charge in [0.05, 0.1) is 0 Å². The van der Waals surface area contributed by atoms with Gasteiger partial charge in [-0.3, -0.25) is 0 Å². The van der Waals surface area contributed by atoms with E-state index in [1.807, 2.05) is 0 Å². The van der Waals surface area contributed by atoms with Crippen LogP contribution in [0.15, 0.2) is 0 Å². The SMILES string of the molecule is CCSC12CC3CC(CC(C3)C1)C2. The van der Waals surface area contributed by atoms with Crippen molar-refractivity contribution in [3.05, 3.63) is 0 Å². The largest absolute Gasteiger partial charge is 0.155 e. The molecule has 4 rings (SSSR count). The van der Waals surface area contributed by atoms with Crippen molar-refractivity contribution in [2.24, 2.45) is 17.8 Å². The molecule has 0 aromatic rings. The lowest BCUT2D eigenvalue weighted by atomic mass is 9.56. The Morgan fingerprint density at radius 2 is 1.46 bits per heavy atom.